The number of carbonyl (C=O) groups excluding carboxylic acids is 2. The lowest BCUT2D eigenvalue weighted by molar-refractivity contribution is -0.140. The average molecular weight is 303 g/mol. The molecule has 4 atom stereocenters. The van der Waals surface area contributed by atoms with E-state index in [4.69, 9.17) is 11.6 Å². The molecule has 0 aromatic heterocycles. The molecule has 2 bridgehead atoms. The van der Waals surface area contributed by atoms with Gasteiger partial charge < -0.3 is 5.32 Å². The zero-order valence-electron chi connectivity index (χ0n) is 11.3. The van der Waals surface area contributed by atoms with E-state index in [2.05, 4.69) is 17.5 Å². The lowest BCUT2D eigenvalue weighted by atomic mass is 9.85. The van der Waals surface area contributed by atoms with Gasteiger partial charge in [-0.1, -0.05) is 29.8 Å². The summed E-state index contributed by atoms with van der Waals surface area (Å²) >= 11 is 5.93. The molecule has 108 valence electrons. The Bertz CT molecular complexity index is 627. The second-order valence-electron chi connectivity index (χ2n) is 5.95. The second-order valence-corrected chi connectivity index (χ2v) is 6.39. The molecule has 1 aromatic carbocycles. The van der Waals surface area contributed by atoms with Crippen LogP contribution >= 0.6 is 11.6 Å². The molecule has 21 heavy (non-hydrogen) atoms. The van der Waals surface area contributed by atoms with E-state index in [0.717, 1.165) is 12.1 Å². The van der Waals surface area contributed by atoms with E-state index in [1.807, 2.05) is 12.1 Å². The molecule has 3 aliphatic rings. The van der Waals surface area contributed by atoms with Crippen molar-refractivity contribution in [3.63, 3.8) is 0 Å². The molecule has 5 heteroatoms. The maximum atomic E-state index is 12.5. The van der Waals surface area contributed by atoms with Gasteiger partial charge in [-0.15, -0.1) is 0 Å². The third-order valence-electron chi connectivity index (χ3n) is 4.83. The van der Waals surface area contributed by atoms with Gasteiger partial charge in [-0.3, -0.25) is 14.5 Å². The lowest BCUT2D eigenvalue weighted by Crippen LogP contribution is -2.37. The molecule has 1 heterocycles. The highest BCUT2D eigenvalue weighted by atomic mass is 35.5. The number of imide groups is 1. The molecule has 0 radical (unpaired) electrons. The summed E-state index contributed by atoms with van der Waals surface area (Å²) in [6.45, 7) is 0.213. The Morgan fingerprint density at radius 3 is 2.43 bits per heavy atom. The number of allylic oxidation sites excluding steroid dienone is 2. The Morgan fingerprint density at radius 2 is 1.81 bits per heavy atom. The van der Waals surface area contributed by atoms with Gasteiger partial charge in [-0.2, -0.15) is 0 Å². The van der Waals surface area contributed by atoms with Crippen molar-refractivity contribution in [2.75, 3.05) is 12.0 Å². The number of hydrogen-bond donors (Lipinski definition) is 1. The van der Waals surface area contributed by atoms with E-state index in [0.29, 0.717) is 5.02 Å². The van der Waals surface area contributed by atoms with Gasteiger partial charge in [-0.25, -0.2) is 0 Å². The van der Waals surface area contributed by atoms with E-state index in [1.165, 1.54) is 4.90 Å². The van der Waals surface area contributed by atoms with Crippen LogP contribution in [0.25, 0.3) is 0 Å². The first kappa shape index (κ1) is 12.9. The van der Waals surface area contributed by atoms with Crippen molar-refractivity contribution in [3.05, 3.63) is 41.4 Å². The average Bonchev–Trinajstić information content (AvgIpc) is 3.12. The van der Waals surface area contributed by atoms with E-state index in [1.54, 1.807) is 12.1 Å². The fourth-order valence-corrected chi connectivity index (χ4v) is 4.08. The Balaban J connectivity index is 1.50. The number of rotatable bonds is 3. The topological polar surface area (TPSA) is 49.4 Å². The summed E-state index contributed by atoms with van der Waals surface area (Å²) < 4.78 is 0. The summed E-state index contributed by atoms with van der Waals surface area (Å²) in [5.74, 6) is 0.190. The minimum absolute atomic E-state index is 0.0311. The van der Waals surface area contributed by atoms with Crippen LogP contribution in [-0.2, 0) is 9.59 Å². The highest BCUT2D eigenvalue weighted by Gasteiger charge is 2.59. The molecule has 0 spiro atoms. The fraction of sp³-hybridized carbons (Fsp3) is 0.375. The van der Waals surface area contributed by atoms with Crippen LogP contribution in [-0.4, -0.2) is 23.4 Å². The van der Waals surface area contributed by atoms with Crippen LogP contribution in [0.3, 0.4) is 0 Å². The fourth-order valence-electron chi connectivity index (χ4n) is 3.89. The van der Waals surface area contributed by atoms with Gasteiger partial charge in [0.25, 0.3) is 0 Å². The molecule has 4 rings (SSSR count). The van der Waals surface area contributed by atoms with Gasteiger partial charge in [0.1, 0.15) is 0 Å². The first-order valence-electron chi connectivity index (χ1n) is 7.18. The Hall–Kier alpha value is -1.81. The number of nitrogens with one attached hydrogen (secondary N) is 1. The first-order chi connectivity index (χ1) is 10.1. The smallest absolute Gasteiger partial charge is 0.235 e. The van der Waals surface area contributed by atoms with Crippen molar-refractivity contribution < 1.29 is 9.59 Å². The summed E-state index contributed by atoms with van der Waals surface area (Å²) in [5, 5.41) is 3.73. The second kappa shape index (κ2) is 4.60. The lowest BCUT2D eigenvalue weighted by Gasteiger charge is -2.18. The van der Waals surface area contributed by atoms with Crippen molar-refractivity contribution in [2.24, 2.45) is 23.7 Å². The highest BCUT2D eigenvalue weighted by Crippen LogP contribution is 2.52. The normalized spacial score (nSPS) is 32.9. The molecule has 1 aromatic rings. The van der Waals surface area contributed by atoms with E-state index < -0.39 is 0 Å². The van der Waals surface area contributed by atoms with Crippen LogP contribution in [0.5, 0.6) is 0 Å². The largest absolute Gasteiger partial charge is 0.367 e. The maximum Gasteiger partial charge on any atom is 0.235 e. The monoisotopic (exact) mass is 302 g/mol. The van der Waals surface area contributed by atoms with Crippen LogP contribution < -0.4 is 5.32 Å². The van der Waals surface area contributed by atoms with E-state index in [-0.39, 0.29) is 42.2 Å². The molecule has 1 N–H and O–H groups in total. The molecule has 1 saturated carbocycles. The molecular weight excluding hydrogens is 288 g/mol. The van der Waals surface area contributed by atoms with Crippen molar-refractivity contribution in [1.29, 1.82) is 0 Å². The first-order valence-corrected chi connectivity index (χ1v) is 7.56. The number of nitrogens with zero attached hydrogens (tertiary/aromatic N) is 1. The minimum Gasteiger partial charge on any atom is -0.367 e. The Labute approximate surface area is 127 Å². The zero-order chi connectivity index (χ0) is 14.6. The summed E-state index contributed by atoms with van der Waals surface area (Å²) in [6.07, 6.45) is 5.16. The van der Waals surface area contributed by atoms with Crippen molar-refractivity contribution >= 4 is 29.1 Å². The molecule has 4 nitrogen and oxygen atoms in total. The number of fused-ring (bicyclic) bond motifs is 5. The van der Waals surface area contributed by atoms with Gasteiger partial charge in [0.2, 0.25) is 11.8 Å². The standard InChI is InChI=1S/C16H15ClN2O2/c17-11-2-1-3-12(7-11)18-8-19-15(20)13-9-4-5-10(6-9)14(13)16(19)21/h1-5,7,9-10,13-14,18H,6,8H2/t9-,10-,13+,14+/m0/s1. The number of hydrogen-bond acceptors (Lipinski definition) is 3. The zero-order valence-corrected chi connectivity index (χ0v) is 12.1. The van der Waals surface area contributed by atoms with E-state index in [9.17, 15) is 9.59 Å². The van der Waals surface area contributed by atoms with E-state index >= 15 is 0 Å². The predicted molar refractivity (Wildman–Crippen MR) is 79.5 cm³/mol. The molecule has 2 fully saturated rings. The van der Waals surface area contributed by atoms with Gasteiger partial charge >= 0.3 is 0 Å². The van der Waals surface area contributed by atoms with Crippen molar-refractivity contribution in [3.8, 4) is 0 Å². The third kappa shape index (κ3) is 1.89. The summed E-state index contributed by atoms with van der Waals surface area (Å²) in [7, 11) is 0. The third-order valence-corrected chi connectivity index (χ3v) is 5.06. The van der Waals surface area contributed by atoms with Gasteiger partial charge in [-0.05, 0) is 36.5 Å². The number of halogens is 1. The van der Waals surface area contributed by atoms with Gasteiger partial charge in [0, 0.05) is 10.7 Å². The van der Waals surface area contributed by atoms with Crippen molar-refractivity contribution in [2.45, 2.75) is 6.42 Å². The quantitative estimate of drug-likeness (QED) is 0.689. The highest BCUT2D eigenvalue weighted by molar-refractivity contribution is 6.30. The van der Waals surface area contributed by atoms with Crippen LogP contribution in [0.15, 0.2) is 36.4 Å². The van der Waals surface area contributed by atoms with Crippen LogP contribution in [0.2, 0.25) is 5.02 Å². The summed E-state index contributed by atoms with van der Waals surface area (Å²) in [5.41, 5.74) is 0.807. The van der Waals surface area contributed by atoms with Crippen LogP contribution in [0, 0.1) is 23.7 Å². The number of likely N-dealkylation sites (tertiary alicyclic amines) is 1. The van der Waals surface area contributed by atoms with Crippen LogP contribution in [0.1, 0.15) is 6.42 Å². The number of carbonyl (C=O) groups is 2. The number of anilines is 1. The summed E-state index contributed by atoms with van der Waals surface area (Å²) in [4.78, 5) is 26.3. The molecular formula is C16H15ClN2O2. The molecule has 0 unspecified atom stereocenters. The minimum atomic E-state index is -0.131. The SMILES string of the molecule is O=C1[C@H]2[C@H](C(=O)N1CNc1cccc(Cl)c1)[C@H]1C=C[C@H]2C1. The number of benzene rings is 1. The van der Waals surface area contributed by atoms with Crippen LogP contribution in [0.4, 0.5) is 5.69 Å². The molecule has 1 aliphatic heterocycles. The molecule has 2 aliphatic carbocycles. The van der Waals surface area contributed by atoms with Crippen molar-refractivity contribution in [1.82, 2.24) is 4.90 Å². The van der Waals surface area contributed by atoms with Gasteiger partial charge in [0.15, 0.2) is 0 Å². The maximum absolute atomic E-state index is 12.5. The number of amides is 2. The summed E-state index contributed by atoms with van der Waals surface area (Å²) in [6, 6.07) is 7.26. The molecule has 2 amide bonds. The molecule has 1 saturated heterocycles. The predicted octanol–water partition coefficient (Wildman–Crippen LogP) is 2.52. The Morgan fingerprint density at radius 1 is 1.14 bits per heavy atom. The Kier molecular flexibility index (Phi) is 2.82. The van der Waals surface area contributed by atoms with Gasteiger partial charge in [0.05, 0.1) is 18.5 Å².